The third-order valence-corrected chi connectivity index (χ3v) is 3.96. The van der Waals surface area contributed by atoms with Crippen molar-refractivity contribution in [2.24, 2.45) is 0 Å². The molecule has 0 saturated heterocycles. The van der Waals surface area contributed by atoms with Crippen LogP contribution in [0.1, 0.15) is 54.4 Å². The van der Waals surface area contributed by atoms with Crippen molar-refractivity contribution in [2.75, 3.05) is 6.61 Å². The van der Waals surface area contributed by atoms with Gasteiger partial charge in [-0.2, -0.15) is 4.98 Å². The van der Waals surface area contributed by atoms with Gasteiger partial charge in [0.05, 0.1) is 0 Å². The summed E-state index contributed by atoms with van der Waals surface area (Å²) in [4.78, 5) is 4.55. The molecule has 1 aromatic carbocycles. The van der Waals surface area contributed by atoms with Crippen molar-refractivity contribution in [1.29, 1.82) is 0 Å². The molecule has 1 atom stereocenters. The van der Waals surface area contributed by atoms with E-state index in [-0.39, 0.29) is 12.5 Å². The Morgan fingerprint density at radius 1 is 1.25 bits per heavy atom. The molecular formula is C16H20N2O2. The first-order chi connectivity index (χ1) is 9.88. The Balaban J connectivity index is 1.77. The van der Waals surface area contributed by atoms with Gasteiger partial charge in [-0.25, -0.2) is 0 Å². The van der Waals surface area contributed by atoms with Crippen LogP contribution >= 0.6 is 0 Å². The van der Waals surface area contributed by atoms with Crippen LogP contribution in [0.2, 0.25) is 0 Å². The zero-order chi connectivity index (χ0) is 13.8. The highest BCUT2D eigenvalue weighted by Gasteiger charge is 2.25. The minimum atomic E-state index is 0.219. The molecule has 0 saturated carbocycles. The van der Waals surface area contributed by atoms with Gasteiger partial charge >= 0.3 is 0 Å². The number of fused-ring (bicyclic) bond motifs is 1. The maximum absolute atomic E-state index is 8.80. The minimum absolute atomic E-state index is 0.219. The molecule has 106 valence electrons. The first-order valence-electron chi connectivity index (χ1n) is 7.39. The number of benzene rings is 1. The zero-order valence-electron chi connectivity index (χ0n) is 11.6. The second-order valence-corrected chi connectivity index (χ2v) is 5.37. The molecule has 1 N–H and O–H groups in total. The highest BCUT2D eigenvalue weighted by Crippen LogP contribution is 2.35. The summed E-state index contributed by atoms with van der Waals surface area (Å²) in [7, 11) is 0. The monoisotopic (exact) mass is 272 g/mol. The predicted octanol–water partition coefficient (Wildman–Crippen LogP) is 2.85. The Bertz CT molecular complexity index is 565. The van der Waals surface area contributed by atoms with Crippen molar-refractivity contribution in [3.05, 3.63) is 47.1 Å². The molecule has 0 amide bonds. The van der Waals surface area contributed by atoms with Gasteiger partial charge in [0.2, 0.25) is 5.89 Å². The van der Waals surface area contributed by atoms with Gasteiger partial charge in [0.15, 0.2) is 5.82 Å². The number of aliphatic hydroxyl groups excluding tert-OH is 1. The summed E-state index contributed by atoms with van der Waals surface area (Å²) in [6, 6.07) is 8.56. The number of nitrogens with zero attached hydrogens (tertiary/aromatic N) is 2. The molecule has 1 aromatic heterocycles. The van der Waals surface area contributed by atoms with E-state index in [1.807, 2.05) is 0 Å². The van der Waals surface area contributed by atoms with Crippen LogP contribution in [0.25, 0.3) is 0 Å². The molecule has 1 heterocycles. The van der Waals surface area contributed by atoms with E-state index in [9.17, 15) is 0 Å². The molecule has 0 spiro atoms. The van der Waals surface area contributed by atoms with Crippen LogP contribution < -0.4 is 0 Å². The zero-order valence-corrected chi connectivity index (χ0v) is 11.6. The van der Waals surface area contributed by atoms with Gasteiger partial charge in [-0.05, 0) is 43.2 Å². The number of aromatic nitrogens is 2. The number of aliphatic hydroxyl groups is 1. The fraction of sp³-hybridized carbons (Fsp3) is 0.500. The van der Waals surface area contributed by atoms with E-state index in [4.69, 9.17) is 9.63 Å². The summed E-state index contributed by atoms with van der Waals surface area (Å²) in [5, 5.41) is 13.0. The van der Waals surface area contributed by atoms with Gasteiger partial charge in [-0.15, -0.1) is 0 Å². The van der Waals surface area contributed by atoms with Crippen molar-refractivity contribution in [1.82, 2.24) is 10.1 Å². The fourth-order valence-corrected chi connectivity index (χ4v) is 2.92. The molecule has 0 aliphatic heterocycles. The third kappa shape index (κ3) is 2.75. The summed E-state index contributed by atoms with van der Waals surface area (Å²) < 4.78 is 5.34. The van der Waals surface area contributed by atoms with Gasteiger partial charge in [-0.1, -0.05) is 29.4 Å². The maximum Gasteiger partial charge on any atom is 0.226 e. The molecular weight excluding hydrogens is 252 g/mol. The molecule has 0 bridgehead atoms. The molecule has 0 fully saturated rings. The topological polar surface area (TPSA) is 59.2 Å². The Labute approximate surface area is 118 Å². The van der Waals surface area contributed by atoms with E-state index >= 15 is 0 Å². The van der Waals surface area contributed by atoms with Crippen LogP contribution in [-0.4, -0.2) is 21.9 Å². The van der Waals surface area contributed by atoms with Gasteiger partial charge in [0, 0.05) is 18.9 Å². The molecule has 3 rings (SSSR count). The molecule has 2 aromatic rings. The summed E-state index contributed by atoms with van der Waals surface area (Å²) in [5.74, 6) is 1.78. The van der Waals surface area contributed by atoms with Crippen LogP contribution in [0.3, 0.4) is 0 Å². The van der Waals surface area contributed by atoms with Gasteiger partial charge in [-0.3, -0.25) is 0 Å². The molecule has 1 aliphatic rings. The predicted molar refractivity (Wildman–Crippen MR) is 75.5 cm³/mol. The number of hydrogen-bond donors (Lipinski definition) is 1. The average molecular weight is 272 g/mol. The van der Waals surface area contributed by atoms with Crippen molar-refractivity contribution >= 4 is 0 Å². The minimum Gasteiger partial charge on any atom is -0.396 e. The fourth-order valence-electron chi connectivity index (χ4n) is 2.92. The lowest BCUT2D eigenvalue weighted by Gasteiger charge is -2.22. The van der Waals surface area contributed by atoms with Crippen LogP contribution in [0, 0.1) is 0 Å². The van der Waals surface area contributed by atoms with E-state index in [1.165, 1.54) is 17.5 Å². The summed E-state index contributed by atoms with van der Waals surface area (Å²) in [6.45, 7) is 0.219. The summed E-state index contributed by atoms with van der Waals surface area (Å²) in [6.07, 6.45) is 5.84. The van der Waals surface area contributed by atoms with Gasteiger partial charge in [0.25, 0.3) is 0 Å². The van der Waals surface area contributed by atoms with Crippen LogP contribution in [-0.2, 0) is 12.8 Å². The lowest BCUT2D eigenvalue weighted by atomic mass is 9.82. The summed E-state index contributed by atoms with van der Waals surface area (Å²) >= 11 is 0. The molecule has 4 heteroatoms. The van der Waals surface area contributed by atoms with Crippen molar-refractivity contribution < 1.29 is 9.63 Å². The summed E-state index contributed by atoms with van der Waals surface area (Å²) in [5.41, 5.74) is 2.76. The highest BCUT2D eigenvalue weighted by molar-refractivity contribution is 5.36. The third-order valence-electron chi connectivity index (χ3n) is 3.96. The number of unbranched alkanes of at least 4 members (excludes halogenated alkanes) is 1. The number of hydrogen-bond acceptors (Lipinski definition) is 4. The second kappa shape index (κ2) is 6.18. The van der Waals surface area contributed by atoms with Gasteiger partial charge < -0.3 is 9.63 Å². The SMILES string of the molecule is OCCCCc1nc(C2CCCc3ccccc32)no1. The van der Waals surface area contributed by atoms with Crippen molar-refractivity contribution in [3.8, 4) is 0 Å². The van der Waals surface area contributed by atoms with Gasteiger partial charge in [0.1, 0.15) is 0 Å². The quantitative estimate of drug-likeness (QED) is 0.850. The van der Waals surface area contributed by atoms with Crippen LogP contribution in [0.15, 0.2) is 28.8 Å². The standard InChI is InChI=1S/C16H20N2O2/c19-11-4-3-10-15-17-16(18-20-15)14-9-5-7-12-6-1-2-8-13(12)14/h1-2,6,8,14,19H,3-5,7,9-11H2. The molecule has 4 nitrogen and oxygen atoms in total. The van der Waals surface area contributed by atoms with E-state index in [2.05, 4.69) is 34.4 Å². The first kappa shape index (κ1) is 13.3. The maximum atomic E-state index is 8.80. The molecule has 20 heavy (non-hydrogen) atoms. The average Bonchev–Trinajstić information content (AvgIpc) is 2.96. The highest BCUT2D eigenvalue weighted by atomic mass is 16.5. The second-order valence-electron chi connectivity index (χ2n) is 5.37. The molecule has 1 unspecified atom stereocenters. The first-order valence-corrected chi connectivity index (χ1v) is 7.39. The largest absolute Gasteiger partial charge is 0.396 e. The number of aryl methyl sites for hydroxylation is 2. The van der Waals surface area contributed by atoms with E-state index in [1.54, 1.807) is 0 Å². The smallest absolute Gasteiger partial charge is 0.226 e. The van der Waals surface area contributed by atoms with Crippen molar-refractivity contribution in [3.63, 3.8) is 0 Å². The van der Waals surface area contributed by atoms with Crippen molar-refractivity contribution in [2.45, 2.75) is 44.4 Å². The van der Waals surface area contributed by atoms with E-state index < -0.39 is 0 Å². The Hall–Kier alpha value is -1.68. The molecule has 0 radical (unpaired) electrons. The Kier molecular flexibility index (Phi) is 4.11. The Morgan fingerprint density at radius 3 is 3.05 bits per heavy atom. The van der Waals surface area contributed by atoms with E-state index in [0.29, 0.717) is 5.89 Å². The molecule has 1 aliphatic carbocycles. The van der Waals surface area contributed by atoms with Crippen LogP contribution in [0.5, 0.6) is 0 Å². The Morgan fingerprint density at radius 2 is 2.15 bits per heavy atom. The van der Waals surface area contributed by atoms with E-state index in [0.717, 1.165) is 37.9 Å². The lowest BCUT2D eigenvalue weighted by Crippen LogP contribution is -2.12. The normalized spacial score (nSPS) is 17.9. The number of rotatable bonds is 5. The van der Waals surface area contributed by atoms with Crippen LogP contribution in [0.4, 0.5) is 0 Å². The lowest BCUT2D eigenvalue weighted by molar-refractivity contribution is 0.280.